The molecule has 0 bridgehead atoms. The summed E-state index contributed by atoms with van der Waals surface area (Å²) in [5, 5.41) is 1.12. The molecule has 1 aliphatic rings. The Morgan fingerprint density at radius 1 is 1.25 bits per heavy atom. The molecule has 1 aliphatic heterocycles. The van der Waals surface area contributed by atoms with Crippen LogP contribution in [-0.2, 0) is 0 Å². The Hall–Kier alpha value is -2.22. The number of nitrogens with zero attached hydrogens (tertiary/aromatic N) is 6. The summed E-state index contributed by atoms with van der Waals surface area (Å²) >= 11 is 1.73. The zero-order chi connectivity index (χ0) is 16.9. The van der Waals surface area contributed by atoms with E-state index in [2.05, 4.69) is 43.6 Å². The van der Waals surface area contributed by atoms with Gasteiger partial charge in [-0.2, -0.15) is 0 Å². The third-order valence-electron chi connectivity index (χ3n) is 4.03. The lowest BCUT2D eigenvalue weighted by molar-refractivity contribution is 0.378. The normalized spacial score (nSPS) is 17.2. The Bertz CT molecular complexity index is 677. The minimum absolute atomic E-state index is 0.293. The van der Waals surface area contributed by atoms with Gasteiger partial charge in [0.2, 0.25) is 5.95 Å². The molecule has 1 unspecified atom stereocenters. The molecular formula is C16H23N7S. The fraction of sp³-hybridized carbons (Fsp3) is 0.500. The van der Waals surface area contributed by atoms with Crippen molar-refractivity contribution in [2.75, 3.05) is 37.6 Å². The van der Waals surface area contributed by atoms with Crippen LogP contribution in [0.4, 0.5) is 5.95 Å². The van der Waals surface area contributed by atoms with Crippen LogP contribution < -0.4 is 10.6 Å². The molecule has 24 heavy (non-hydrogen) atoms. The molecule has 128 valence electrons. The van der Waals surface area contributed by atoms with Gasteiger partial charge in [0.25, 0.3) is 0 Å². The second-order valence-electron chi connectivity index (χ2n) is 5.93. The van der Waals surface area contributed by atoms with Gasteiger partial charge in [-0.05, 0) is 13.0 Å². The molecule has 2 aromatic heterocycles. The van der Waals surface area contributed by atoms with E-state index in [4.69, 9.17) is 5.73 Å². The van der Waals surface area contributed by atoms with Crippen LogP contribution in [0.5, 0.6) is 0 Å². The Morgan fingerprint density at radius 3 is 2.58 bits per heavy atom. The van der Waals surface area contributed by atoms with Gasteiger partial charge < -0.3 is 15.5 Å². The largest absolute Gasteiger partial charge is 0.370 e. The maximum absolute atomic E-state index is 6.17. The van der Waals surface area contributed by atoms with Crippen molar-refractivity contribution in [1.29, 1.82) is 0 Å². The molecule has 0 aliphatic carbocycles. The number of hydrogen-bond acceptors (Lipinski definition) is 6. The van der Waals surface area contributed by atoms with Crippen LogP contribution in [0.25, 0.3) is 0 Å². The van der Waals surface area contributed by atoms with Gasteiger partial charge in [0.15, 0.2) is 5.96 Å². The highest BCUT2D eigenvalue weighted by atomic mass is 32.1. The fourth-order valence-electron chi connectivity index (χ4n) is 2.60. The summed E-state index contributed by atoms with van der Waals surface area (Å²) in [7, 11) is 0. The molecule has 0 aromatic carbocycles. The van der Waals surface area contributed by atoms with Gasteiger partial charge in [-0.1, -0.05) is 6.92 Å². The first-order valence-electron chi connectivity index (χ1n) is 8.12. The molecule has 2 N–H and O–H groups in total. The van der Waals surface area contributed by atoms with E-state index in [-0.39, 0.29) is 0 Å². The van der Waals surface area contributed by atoms with Crippen LogP contribution >= 0.6 is 11.3 Å². The van der Waals surface area contributed by atoms with E-state index >= 15 is 0 Å². The van der Waals surface area contributed by atoms with Crippen LogP contribution in [-0.4, -0.2) is 58.5 Å². The molecule has 0 radical (unpaired) electrons. The number of hydrogen-bond donors (Lipinski definition) is 1. The quantitative estimate of drug-likeness (QED) is 0.667. The number of nitrogens with two attached hydrogens (primary N) is 1. The SMILES string of the molecule is Cc1cnc(C(C)CN=C(N)N2CCN(c3ncccn3)CC2)s1. The standard InChI is InChI=1S/C16H23N7S/c1-12(14-20-11-13(2)24-14)10-21-15(17)22-6-8-23(9-7-22)16-18-4-3-5-19-16/h3-5,11-12H,6-10H2,1-2H3,(H2,17,21). The molecular weight excluding hydrogens is 322 g/mol. The van der Waals surface area contributed by atoms with Crippen LogP contribution in [0.2, 0.25) is 0 Å². The molecule has 1 atom stereocenters. The Kier molecular flexibility index (Phi) is 5.24. The van der Waals surface area contributed by atoms with Crippen LogP contribution in [0.15, 0.2) is 29.6 Å². The summed E-state index contributed by atoms with van der Waals surface area (Å²) in [4.78, 5) is 23.1. The van der Waals surface area contributed by atoms with Crippen LogP contribution in [0.3, 0.4) is 0 Å². The monoisotopic (exact) mass is 345 g/mol. The van der Waals surface area contributed by atoms with Crippen molar-refractivity contribution in [1.82, 2.24) is 19.9 Å². The van der Waals surface area contributed by atoms with Crippen molar-refractivity contribution in [2.24, 2.45) is 10.7 Å². The molecule has 1 fully saturated rings. The fourth-order valence-corrected chi connectivity index (χ4v) is 3.42. The number of aryl methyl sites for hydroxylation is 1. The molecule has 0 spiro atoms. The first-order valence-corrected chi connectivity index (χ1v) is 8.94. The van der Waals surface area contributed by atoms with E-state index < -0.39 is 0 Å². The number of guanidine groups is 1. The minimum Gasteiger partial charge on any atom is -0.370 e. The summed E-state index contributed by atoms with van der Waals surface area (Å²) in [6, 6.07) is 1.83. The van der Waals surface area contributed by atoms with E-state index in [1.807, 2.05) is 12.3 Å². The number of aliphatic imine (C=N–C) groups is 1. The van der Waals surface area contributed by atoms with Gasteiger partial charge in [0.05, 0.1) is 11.6 Å². The van der Waals surface area contributed by atoms with Crippen molar-refractivity contribution < 1.29 is 0 Å². The lowest BCUT2D eigenvalue weighted by Crippen LogP contribution is -2.51. The molecule has 0 saturated carbocycles. The van der Waals surface area contributed by atoms with E-state index in [9.17, 15) is 0 Å². The smallest absolute Gasteiger partial charge is 0.225 e. The lowest BCUT2D eigenvalue weighted by atomic mass is 10.2. The zero-order valence-electron chi connectivity index (χ0n) is 14.1. The van der Waals surface area contributed by atoms with Gasteiger partial charge >= 0.3 is 0 Å². The number of anilines is 1. The van der Waals surface area contributed by atoms with Crippen molar-refractivity contribution in [3.05, 3.63) is 34.5 Å². The first-order chi connectivity index (χ1) is 11.6. The summed E-state index contributed by atoms with van der Waals surface area (Å²) in [5.41, 5.74) is 6.17. The third-order valence-corrected chi connectivity index (χ3v) is 5.17. The molecule has 0 amide bonds. The van der Waals surface area contributed by atoms with E-state index in [0.29, 0.717) is 18.4 Å². The first kappa shape index (κ1) is 16.6. The number of aromatic nitrogens is 3. The maximum atomic E-state index is 6.17. The molecule has 3 heterocycles. The molecule has 8 heteroatoms. The topological polar surface area (TPSA) is 83.5 Å². The summed E-state index contributed by atoms with van der Waals surface area (Å²) in [6.45, 7) is 8.24. The van der Waals surface area contributed by atoms with E-state index in [1.165, 1.54) is 4.88 Å². The van der Waals surface area contributed by atoms with Gasteiger partial charge in [-0.3, -0.25) is 4.99 Å². The van der Waals surface area contributed by atoms with Gasteiger partial charge in [-0.25, -0.2) is 15.0 Å². The maximum Gasteiger partial charge on any atom is 0.225 e. The predicted octanol–water partition coefficient (Wildman–Crippen LogP) is 1.48. The Morgan fingerprint density at radius 2 is 1.96 bits per heavy atom. The highest BCUT2D eigenvalue weighted by molar-refractivity contribution is 7.11. The van der Waals surface area contributed by atoms with Crippen molar-refractivity contribution in [3.63, 3.8) is 0 Å². The highest BCUT2D eigenvalue weighted by Gasteiger charge is 2.20. The van der Waals surface area contributed by atoms with Crippen LogP contribution in [0.1, 0.15) is 22.7 Å². The van der Waals surface area contributed by atoms with E-state index in [1.54, 1.807) is 23.7 Å². The average Bonchev–Trinajstić information content (AvgIpc) is 3.07. The Balaban J connectivity index is 1.52. The molecule has 1 saturated heterocycles. The Labute approximate surface area is 146 Å². The van der Waals surface area contributed by atoms with Crippen LogP contribution in [0, 0.1) is 6.92 Å². The summed E-state index contributed by atoms with van der Waals surface area (Å²) in [6.07, 6.45) is 5.45. The molecule has 2 aromatic rings. The van der Waals surface area contributed by atoms with Crippen molar-refractivity contribution >= 4 is 23.2 Å². The third kappa shape index (κ3) is 4.00. The number of piperazine rings is 1. The number of thiazole rings is 1. The second kappa shape index (κ2) is 7.57. The molecule has 7 nitrogen and oxygen atoms in total. The highest BCUT2D eigenvalue weighted by Crippen LogP contribution is 2.21. The van der Waals surface area contributed by atoms with Gasteiger partial charge in [-0.15, -0.1) is 11.3 Å². The average molecular weight is 345 g/mol. The summed E-state index contributed by atoms with van der Waals surface area (Å²) in [5.74, 6) is 1.69. The van der Waals surface area contributed by atoms with Crippen molar-refractivity contribution in [2.45, 2.75) is 19.8 Å². The van der Waals surface area contributed by atoms with Gasteiger partial charge in [0.1, 0.15) is 0 Å². The zero-order valence-corrected chi connectivity index (χ0v) is 14.9. The predicted molar refractivity (Wildman–Crippen MR) is 97.6 cm³/mol. The minimum atomic E-state index is 0.293. The van der Waals surface area contributed by atoms with Crippen molar-refractivity contribution in [3.8, 4) is 0 Å². The number of rotatable bonds is 4. The molecule has 3 rings (SSSR count). The second-order valence-corrected chi connectivity index (χ2v) is 7.20. The summed E-state index contributed by atoms with van der Waals surface area (Å²) < 4.78 is 0. The lowest BCUT2D eigenvalue weighted by Gasteiger charge is -2.35. The van der Waals surface area contributed by atoms with E-state index in [0.717, 1.165) is 37.1 Å². The van der Waals surface area contributed by atoms with Gasteiger partial charge in [0, 0.05) is 55.6 Å².